The fraction of sp³-hybridized carbons (Fsp3) is 0.700. The summed E-state index contributed by atoms with van der Waals surface area (Å²) in [5.41, 5.74) is 0. The molecule has 0 amide bonds. The number of hydrogen-bond donors (Lipinski definition) is 1. The van der Waals surface area contributed by atoms with E-state index in [9.17, 15) is 4.79 Å². The van der Waals surface area contributed by atoms with Gasteiger partial charge in [0.05, 0.1) is 0 Å². The molecule has 1 rings (SSSR count). The molecule has 3 nitrogen and oxygen atoms in total. The number of rotatable bonds is 5. The monoisotopic (exact) mass is 214 g/mol. The van der Waals surface area contributed by atoms with Gasteiger partial charge in [0.15, 0.2) is 0 Å². The van der Waals surface area contributed by atoms with E-state index in [0.29, 0.717) is 12.0 Å². The molecule has 14 heavy (non-hydrogen) atoms. The first-order valence-corrected chi connectivity index (χ1v) is 5.85. The molecule has 1 aromatic heterocycles. The average molecular weight is 214 g/mol. The average Bonchev–Trinajstić information content (AvgIpc) is 2.49. The maximum Gasteiger partial charge on any atom is 0.307 e. The van der Waals surface area contributed by atoms with Crippen LogP contribution in [0, 0.1) is 5.92 Å². The van der Waals surface area contributed by atoms with E-state index in [1.807, 2.05) is 11.6 Å². The number of thiazole rings is 1. The molecule has 1 unspecified atom stereocenters. The highest BCUT2D eigenvalue weighted by atomic mass is 32.1. The molecule has 0 saturated heterocycles. The highest BCUT2D eigenvalue weighted by molar-refractivity contribution is 7.07. The Morgan fingerprint density at radius 3 is 2.71 bits per heavy atom. The molecule has 0 bridgehead atoms. The summed E-state index contributed by atoms with van der Waals surface area (Å²) >= 11 is 1.26. The van der Waals surface area contributed by atoms with Gasteiger partial charge in [-0.15, -0.1) is 0 Å². The first kappa shape index (κ1) is 11.5. The van der Waals surface area contributed by atoms with Gasteiger partial charge in [-0.25, -0.2) is 0 Å². The van der Waals surface area contributed by atoms with Crippen molar-refractivity contribution in [3.63, 3.8) is 0 Å². The molecule has 1 heterocycles. The van der Waals surface area contributed by atoms with Crippen LogP contribution < -0.4 is 10.2 Å². The quantitative estimate of drug-likeness (QED) is 0.807. The lowest BCUT2D eigenvalue weighted by molar-refractivity contribution is 0.423. The molecular formula is C10H18N2OS. The first-order chi connectivity index (χ1) is 6.59. The fourth-order valence-corrected chi connectivity index (χ4v) is 1.86. The summed E-state index contributed by atoms with van der Waals surface area (Å²) in [6, 6.07) is 0.511. The molecule has 0 fully saturated rings. The van der Waals surface area contributed by atoms with Crippen LogP contribution in [-0.2, 0) is 6.54 Å². The normalized spacial score (nSPS) is 13.4. The van der Waals surface area contributed by atoms with Crippen molar-refractivity contribution < 1.29 is 0 Å². The van der Waals surface area contributed by atoms with Crippen molar-refractivity contribution in [2.45, 2.75) is 33.4 Å². The van der Waals surface area contributed by atoms with E-state index in [1.165, 1.54) is 11.3 Å². The Kier molecular flexibility index (Phi) is 4.35. The van der Waals surface area contributed by atoms with Gasteiger partial charge in [-0.05, 0) is 12.5 Å². The minimum atomic E-state index is 0.140. The number of nitrogens with zero attached hydrogens (tertiary/aromatic N) is 1. The van der Waals surface area contributed by atoms with Gasteiger partial charge in [-0.2, -0.15) is 0 Å². The molecule has 4 heteroatoms. The molecule has 1 aromatic rings. The molecule has 0 aliphatic carbocycles. The van der Waals surface area contributed by atoms with Crippen molar-refractivity contribution in [2.75, 3.05) is 6.54 Å². The lowest BCUT2D eigenvalue weighted by Crippen LogP contribution is -2.30. The molecule has 0 radical (unpaired) electrons. The molecule has 1 atom stereocenters. The second-order valence-electron chi connectivity index (χ2n) is 3.99. The molecule has 0 spiro atoms. The number of aromatic nitrogens is 1. The summed E-state index contributed by atoms with van der Waals surface area (Å²) in [5, 5.41) is 5.20. The highest BCUT2D eigenvalue weighted by Gasteiger charge is 2.05. The van der Waals surface area contributed by atoms with Crippen molar-refractivity contribution in [2.24, 2.45) is 5.92 Å². The molecule has 0 aliphatic rings. The van der Waals surface area contributed by atoms with Crippen LogP contribution in [0.25, 0.3) is 0 Å². The van der Waals surface area contributed by atoms with Gasteiger partial charge < -0.3 is 9.88 Å². The Hall–Kier alpha value is -0.610. The second kappa shape index (κ2) is 5.32. The Balaban J connectivity index is 2.38. The molecule has 0 aromatic carbocycles. The van der Waals surface area contributed by atoms with Crippen LogP contribution in [0.1, 0.15) is 20.8 Å². The maximum atomic E-state index is 11.3. The van der Waals surface area contributed by atoms with E-state index in [4.69, 9.17) is 0 Å². The lowest BCUT2D eigenvalue weighted by Gasteiger charge is -2.14. The SMILES string of the molecule is CC(CNC(C)C)Cn1ccsc1=O. The zero-order chi connectivity index (χ0) is 10.6. The van der Waals surface area contributed by atoms with Gasteiger partial charge in [0.1, 0.15) is 0 Å². The summed E-state index contributed by atoms with van der Waals surface area (Å²) in [7, 11) is 0. The summed E-state index contributed by atoms with van der Waals surface area (Å²) < 4.78 is 1.78. The van der Waals surface area contributed by atoms with Crippen molar-refractivity contribution in [1.82, 2.24) is 9.88 Å². The van der Waals surface area contributed by atoms with Gasteiger partial charge in [0, 0.05) is 24.2 Å². The predicted molar refractivity (Wildman–Crippen MR) is 60.9 cm³/mol. The second-order valence-corrected chi connectivity index (χ2v) is 4.85. The summed E-state index contributed by atoms with van der Waals surface area (Å²) in [6.45, 7) is 8.18. The lowest BCUT2D eigenvalue weighted by atomic mass is 10.1. The van der Waals surface area contributed by atoms with Crippen molar-refractivity contribution >= 4 is 11.3 Å². The van der Waals surface area contributed by atoms with E-state index >= 15 is 0 Å². The summed E-state index contributed by atoms with van der Waals surface area (Å²) in [5.74, 6) is 0.490. The topological polar surface area (TPSA) is 34.0 Å². The third-order valence-electron chi connectivity index (χ3n) is 2.03. The van der Waals surface area contributed by atoms with E-state index < -0.39 is 0 Å². The van der Waals surface area contributed by atoms with Gasteiger partial charge in [-0.1, -0.05) is 32.1 Å². The van der Waals surface area contributed by atoms with Crippen LogP contribution >= 0.6 is 11.3 Å². The minimum absolute atomic E-state index is 0.140. The van der Waals surface area contributed by atoms with Crippen LogP contribution in [-0.4, -0.2) is 17.2 Å². The Bertz CT molecular complexity index is 316. The smallest absolute Gasteiger partial charge is 0.307 e. The summed E-state index contributed by atoms with van der Waals surface area (Å²) in [6.07, 6.45) is 1.86. The number of nitrogens with one attached hydrogen (secondary N) is 1. The van der Waals surface area contributed by atoms with E-state index in [1.54, 1.807) is 4.57 Å². The Labute approximate surface area is 88.8 Å². The van der Waals surface area contributed by atoms with Gasteiger partial charge in [0.2, 0.25) is 0 Å². The molecule has 0 saturated carbocycles. The standard InChI is InChI=1S/C10H18N2OS/c1-8(2)11-6-9(3)7-12-4-5-14-10(12)13/h4-5,8-9,11H,6-7H2,1-3H3. The van der Waals surface area contributed by atoms with Gasteiger partial charge >= 0.3 is 4.87 Å². The molecular weight excluding hydrogens is 196 g/mol. The van der Waals surface area contributed by atoms with Crippen molar-refractivity contribution in [3.8, 4) is 0 Å². The van der Waals surface area contributed by atoms with Gasteiger partial charge in [0.25, 0.3) is 0 Å². The Morgan fingerprint density at radius 1 is 1.50 bits per heavy atom. The Morgan fingerprint density at radius 2 is 2.21 bits per heavy atom. The highest BCUT2D eigenvalue weighted by Crippen LogP contribution is 1.99. The van der Waals surface area contributed by atoms with Crippen molar-refractivity contribution in [1.29, 1.82) is 0 Å². The van der Waals surface area contributed by atoms with Crippen LogP contribution in [0.15, 0.2) is 16.4 Å². The molecule has 0 aliphatic heterocycles. The van der Waals surface area contributed by atoms with E-state index in [-0.39, 0.29) is 4.87 Å². The third-order valence-corrected chi connectivity index (χ3v) is 2.72. The maximum absolute atomic E-state index is 11.3. The largest absolute Gasteiger partial charge is 0.314 e. The van der Waals surface area contributed by atoms with Crippen LogP contribution in [0.2, 0.25) is 0 Å². The third kappa shape index (κ3) is 3.64. The molecule has 1 N–H and O–H groups in total. The zero-order valence-electron chi connectivity index (χ0n) is 8.99. The van der Waals surface area contributed by atoms with Crippen LogP contribution in [0.5, 0.6) is 0 Å². The number of hydrogen-bond acceptors (Lipinski definition) is 3. The first-order valence-electron chi connectivity index (χ1n) is 4.97. The summed E-state index contributed by atoms with van der Waals surface area (Å²) in [4.78, 5) is 11.4. The fourth-order valence-electron chi connectivity index (χ4n) is 1.26. The predicted octanol–water partition coefficient (Wildman–Crippen LogP) is 1.54. The van der Waals surface area contributed by atoms with Crippen molar-refractivity contribution in [3.05, 3.63) is 21.2 Å². The van der Waals surface area contributed by atoms with E-state index in [0.717, 1.165) is 13.1 Å². The minimum Gasteiger partial charge on any atom is -0.314 e. The van der Waals surface area contributed by atoms with Crippen LogP contribution in [0.3, 0.4) is 0 Å². The zero-order valence-corrected chi connectivity index (χ0v) is 9.80. The van der Waals surface area contributed by atoms with E-state index in [2.05, 4.69) is 26.1 Å². The molecule has 80 valence electrons. The van der Waals surface area contributed by atoms with Gasteiger partial charge in [-0.3, -0.25) is 4.79 Å². The van der Waals surface area contributed by atoms with Crippen LogP contribution in [0.4, 0.5) is 0 Å².